The van der Waals surface area contributed by atoms with Crippen molar-refractivity contribution in [2.24, 2.45) is 0 Å². The molecule has 1 N–H and O–H groups in total. The molecule has 5 heteroatoms. The van der Waals surface area contributed by atoms with Gasteiger partial charge in [-0.1, -0.05) is 40.2 Å². The summed E-state index contributed by atoms with van der Waals surface area (Å²) in [5.74, 6) is -0.919. The fourth-order valence-corrected chi connectivity index (χ4v) is 2.32. The lowest BCUT2D eigenvalue weighted by Crippen LogP contribution is -2.41. The minimum absolute atomic E-state index is 0.244. The number of ether oxygens (including phenoxy) is 1. The molecule has 0 spiro atoms. The van der Waals surface area contributed by atoms with E-state index < -0.39 is 17.3 Å². The molecule has 0 saturated heterocycles. The normalized spacial score (nSPS) is 13.3. The Morgan fingerprint density at radius 1 is 1.19 bits per heavy atom. The van der Waals surface area contributed by atoms with Gasteiger partial charge in [0.1, 0.15) is 5.82 Å². The zero-order valence-electron chi connectivity index (χ0n) is 11.7. The fraction of sp³-hybridized carbons (Fsp3) is 0.188. The predicted molar refractivity (Wildman–Crippen MR) is 83.5 cm³/mol. The molecule has 3 nitrogen and oxygen atoms in total. The van der Waals surface area contributed by atoms with E-state index in [1.54, 1.807) is 37.3 Å². The number of rotatable bonds is 4. The van der Waals surface area contributed by atoms with Crippen LogP contribution in [0.5, 0.6) is 0 Å². The summed E-state index contributed by atoms with van der Waals surface area (Å²) in [5.41, 5.74) is -0.258. The van der Waals surface area contributed by atoms with E-state index in [0.29, 0.717) is 5.56 Å². The van der Waals surface area contributed by atoms with Gasteiger partial charge >= 0.3 is 5.97 Å². The smallest absolute Gasteiger partial charge is 0.335 e. The van der Waals surface area contributed by atoms with Crippen molar-refractivity contribution in [1.29, 1.82) is 0 Å². The minimum Gasteiger partial charge on any atom is -0.467 e. The van der Waals surface area contributed by atoms with Crippen LogP contribution >= 0.6 is 15.9 Å². The predicted octanol–water partition coefficient (Wildman–Crippen LogP) is 4.09. The Labute approximate surface area is 131 Å². The number of halogens is 2. The molecule has 0 aromatic heterocycles. The van der Waals surface area contributed by atoms with Crippen molar-refractivity contribution in [3.05, 3.63) is 64.4 Å². The highest BCUT2D eigenvalue weighted by Gasteiger charge is 2.37. The van der Waals surface area contributed by atoms with Gasteiger partial charge in [-0.2, -0.15) is 0 Å². The summed E-state index contributed by atoms with van der Waals surface area (Å²) in [6.07, 6.45) is 0. The van der Waals surface area contributed by atoms with Crippen LogP contribution in [0.2, 0.25) is 0 Å². The maximum absolute atomic E-state index is 13.8. The molecule has 0 aliphatic heterocycles. The number of hydrogen-bond donors (Lipinski definition) is 1. The maximum atomic E-state index is 13.8. The van der Waals surface area contributed by atoms with Crippen LogP contribution in [0.15, 0.2) is 53.0 Å². The molecule has 1 unspecified atom stereocenters. The second kappa shape index (κ2) is 6.26. The van der Waals surface area contributed by atoms with Crippen LogP contribution in [0.3, 0.4) is 0 Å². The maximum Gasteiger partial charge on any atom is 0.335 e. The van der Waals surface area contributed by atoms with Crippen LogP contribution in [0, 0.1) is 5.82 Å². The van der Waals surface area contributed by atoms with Crippen LogP contribution in [-0.4, -0.2) is 13.1 Å². The first-order valence-electron chi connectivity index (χ1n) is 6.34. The van der Waals surface area contributed by atoms with Crippen molar-refractivity contribution < 1.29 is 13.9 Å². The standard InChI is InChI=1S/C16H15BrFNO2/c1-16(15(20)21-2,11-7-9-12(17)10-8-11)19-14-6-4-3-5-13(14)18/h3-10,19H,1-2H3. The first kappa shape index (κ1) is 15.5. The SMILES string of the molecule is COC(=O)C(C)(Nc1ccccc1F)c1ccc(Br)cc1. The molecular weight excluding hydrogens is 337 g/mol. The summed E-state index contributed by atoms with van der Waals surface area (Å²) in [4.78, 5) is 12.2. The van der Waals surface area contributed by atoms with Gasteiger partial charge in [0.15, 0.2) is 5.54 Å². The molecule has 2 aromatic carbocycles. The number of para-hydroxylation sites is 1. The molecule has 0 bridgehead atoms. The van der Waals surface area contributed by atoms with Crippen molar-refractivity contribution in [2.75, 3.05) is 12.4 Å². The van der Waals surface area contributed by atoms with Crippen molar-refractivity contribution in [3.63, 3.8) is 0 Å². The molecule has 0 saturated carbocycles. The average molecular weight is 352 g/mol. The van der Waals surface area contributed by atoms with Crippen molar-refractivity contribution in [1.82, 2.24) is 0 Å². The van der Waals surface area contributed by atoms with E-state index in [9.17, 15) is 9.18 Å². The van der Waals surface area contributed by atoms with Gasteiger partial charge in [0.25, 0.3) is 0 Å². The topological polar surface area (TPSA) is 38.3 Å². The molecule has 0 amide bonds. The number of esters is 1. The molecule has 0 aliphatic rings. The summed E-state index contributed by atoms with van der Waals surface area (Å²) in [7, 11) is 1.31. The Morgan fingerprint density at radius 3 is 2.38 bits per heavy atom. The minimum atomic E-state index is -1.18. The molecule has 0 heterocycles. The number of hydrogen-bond acceptors (Lipinski definition) is 3. The largest absolute Gasteiger partial charge is 0.467 e. The fourth-order valence-electron chi connectivity index (χ4n) is 2.06. The van der Waals surface area contributed by atoms with E-state index in [4.69, 9.17) is 4.74 Å². The third-order valence-electron chi connectivity index (χ3n) is 3.27. The Bertz CT molecular complexity index is 645. The van der Waals surface area contributed by atoms with Gasteiger partial charge in [-0.3, -0.25) is 0 Å². The molecule has 0 radical (unpaired) electrons. The summed E-state index contributed by atoms with van der Waals surface area (Å²) >= 11 is 3.35. The number of carbonyl (C=O) groups excluding carboxylic acids is 1. The van der Waals surface area contributed by atoms with Gasteiger partial charge in [0, 0.05) is 4.47 Å². The molecule has 0 aliphatic carbocycles. The first-order valence-corrected chi connectivity index (χ1v) is 7.14. The van der Waals surface area contributed by atoms with Gasteiger partial charge < -0.3 is 10.1 Å². The summed E-state index contributed by atoms with van der Waals surface area (Å²) in [6, 6.07) is 13.4. The van der Waals surface area contributed by atoms with Gasteiger partial charge in [0.2, 0.25) is 0 Å². The van der Waals surface area contributed by atoms with E-state index in [1.165, 1.54) is 13.2 Å². The summed E-state index contributed by atoms with van der Waals surface area (Å²) in [5, 5.41) is 2.95. The number of carbonyl (C=O) groups is 1. The zero-order valence-corrected chi connectivity index (χ0v) is 13.3. The van der Waals surface area contributed by atoms with Crippen LogP contribution in [0.1, 0.15) is 12.5 Å². The van der Waals surface area contributed by atoms with Crippen LogP contribution < -0.4 is 5.32 Å². The summed E-state index contributed by atoms with van der Waals surface area (Å²) in [6.45, 7) is 1.66. The van der Waals surface area contributed by atoms with Crippen LogP contribution in [-0.2, 0) is 15.1 Å². The third kappa shape index (κ3) is 3.24. The molecule has 0 fully saturated rings. The highest BCUT2D eigenvalue weighted by molar-refractivity contribution is 9.10. The molecule has 1 atom stereocenters. The first-order chi connectivity index (χ1) is 9.97. The molecule has 110 valence electrons. The Morgan fingerprint density at radius 2 is 1.81 bits per heavy atom. The van der Waals surface area contributed by atoms with Gasteiger partial charge in [-0.25, -0.2) is 9.18 Å². The lowest BCUT2D eigenvalue weighted by molar-refractivity contribution is -0.145. The zero-order chi connectivity index (χ0) is 15.5. The Hall–Kier alpha value is -1.88. The average Bonchev–Trinajstić information content (AvgIpc) is 2.49. The Balaban J connectivity index is 2.45. The molecular formula is C16H15BrFNO2. The van der Waals surface area contributed by atoms with Crippen LogP contribution in [0.25, 0.3) is 0 Å². The summed E-state index contributed by atoms with van der Waals surface area (Å²) < 4.78 is 19.6. The monoisotopic (exact) mass is 351 g/mol. The van der Waals surface area contributed by atoms with E-state index >= 15 is 0 Å². The van der Waals surface area contributed by atoms with Crippen molar-refractivity contribution in [2.45, 2.75) is 12.5 Å². The van der Waals surface area contributed by atoms with Crippen molar-refractivity contribution >= 4 is 27.6 Å². The van der Waals surface area contributed by atoms with Crippen LogP contribution in [0.4, 0.5) is 10.1 Å². The second-order valence-corrected chi connectivity index (χ2v) is 5.64. The molecule has 2 rings (SSSR count). The number of nitrogens with one attached hydrogen (secondary N) is 1. The highest BCUT2D eigenvalue weighted by Crippen LogP contribution is 2.29. The molecule has 2 aromatic rings. The quantitative estimate of drug-likeness (QED) is 0.843. The van der Waals surface area contributed by atoms with Crippen molar-refractivity contribution in [3.8, 4) is 0 Å². The number of anilines is 1. The van der Waals surface area contributed by atoms with Gasteiger partial charge in [0.05, 0.1) is 12.8 Å². The van der Waals surface area contributed by atoms with Gasteiger partial charge in [-0.15, -0.1) is 0 Å². The second-order valence-electron chi connectivity index (χ2n) is 4.73. The highest BCUT2D eigenvalue weighted by atomic mass is 79.9. The van der Waals surface area contributed by atoms with E-state index in [0.717, 1.165) is 4.47 Å². The number of methoxy groups -OCH3 is 1. The van der Waals surface area contributed by atoms with E-state index in [1.807, 2.05) is 12.1 Å². The van der Waals surface area contributed by atoms with E-state index in [2.05, 4.69) is 21.2 Å². The number of benzene rings is 2. The third-order valence-corrected chi connectivity index (χ3v) is 3.80. The lowest BCUT2D eigenvalue weighted by Gasteiger charge is -2.29. The Kier molecular flexibility index (Phi) is 4.63. The van der Waals surface area contributed by atoms with Gasteiger partial charge in [-0.05, 0) is 36.8 Å². The van der Waals surface area contributed by atoms with E-state index in [-0.39, 0.29) is 5.69 Å². The molecule has 21 heavy (non-hydrogen) atoms. The lowest BCUT2D eigenvalue weighted by atomic mass is 9.91.